The Morgan fingerprint density at radius 3 is 2.83 bits per heavy atom. The largest absolute Gasteiger partial charge is 0.496 e. The summed E-state index contributed by atoms with van der Waals surface area (Å²) in [5.74, 6) is 1.80. The zero-order chi connectivity index (χ0) is 17.4. The summed E-state index contributed by atoms with van der Waals surface area (Å²) >= 11 is 1.76. The van der Waals surface area contributed by atoms with Crippen LogP contribution in [0.15, 0.2) is 40.7 Å². The van der Waals surface area contributed by atoms with Crippen molar-refractivity contribution in [2.75, 3.05) is 20.2 Å². The highest BCUT2D eigenvalue weighted by atomic mass is 32.1. The summed E-state index contributed by atoms with van der Waals surface area (Å²) in [6.07, 6.45) is 0.889. The first-order chi connectivity index (χ1) is 11.6. The van der Waals surface area contributed by atoms with Gasteiger partial charge in [0.25, 0.3) is 0 Å². The number of hydrogen-bond acceptors (Lipinski definition) is 3. The highest BCUT2D eigenvalue weighted by molar-refractivity contribution is 7.10. The van der Waals surface area contributed by atoms with Gasteiger partial charge in [0.2, 0.25) is 0 Å². The van der Waals surface area contributed by atoms with Gasteiger partial charge in [-0.05, 0) is 55.8 Å². The van der Waals surface area contributed by atoms with Crippen LogP contribution in [0, 0.1) is 6.92 Å². The van der Waals surface area contributed by atoms with Gasteiger partial charge >= 0.3 is 0 Å². The van der Waals surface area contributed by atoms with Crippen LogP contribution >= 0.6 is 11.3 Å². The molecule has 4 nitrogen and oxygen atoms in total. The first-order valence-electron chi connectivity index (χ1n) is 8.35. The van der Waals surface area contributed by atoms with E-state index in [4.69, 9.17) is 9.73 Å². The highest BCUT2D eigenvalue weighted by Crippen LogP contribution is 2.19. The van der Waals surface area contributed by atoms with Crippen molar-refractivity contribution in [3.8, 4) is 5.75 Å². The van der Waals surface area contributed by atoms with Gasteiger partial charge < -0.3 is 15.4 Å². The molecule has 2 N–H and O–H groups in total. The van der Waals surface area contributed by atoms with Gasteiger partial charge in [-0.1, -0.05) is 18.2 Å². The van der Waals surface area contributed by atoms with Crippen molar-refractivity contribution in [3.05, 3.63) is 51.7 Å². The zero-order valence-corrected chi connectivity index (χ0v) is 15.7. The van der Waals surface area contributed by atoms with E-state index in [9.17, 15) is 0 Å². The minimum Gasteiger partial charge on any atom is -0.496 e. The fourth-order valence-electron chi connectivity index (χ4n) is 2.45. The average Bonchev–Trinajstić information content (AvgIpc) is 3.11. The van der Waals surface area contributed by atoms with Crippen molar-refractivity contribution >= 4 is 17.3 Å². The van der Waals surface area contributed by atoms with Crippen LogP contribution in [-0.4, -0.2) is 26.2 Å². The topological polar surface area (TPSA) is 45.7 Å². The maximum atomic E-state index is 5.39. The molecule has 5 heteroatoms. The SMILES string of the molecule is CCNC(=NCCc1ccc(C)c(OC)c1)NC(C)c1cccs1. The van der Waals surface area contributed by atoms with Crippen molar-refractivity contribution < 1.29 is 4.74 Å². The van der Waals surface area contributed by atoms with E-state index in [2.05, 4.69) is 67.1 Å². The summed E-state index contributed by atoms with van der Waals surface area (Å²) in [6.45, 7) is 7.88. The van der Waals surface area contributed by atoms with Gasteiger partial charge in [-0.3, -0.25) is 4.99 Å². The van der Waals surface area contributed by atoms with Crippen molar-refractivity contribution in [3.63, 3.8) is 0 Å². The molecule has 0 saturated carbocycles. The molecular weight excluding hydrogens is 318 g/mol. The predicted octanol–water partition coefficient (Wildman–Crippen LogP) is 3.92. The Kier molecular flexibility index (Phi) is 7.12. The maximum Gasteiger partial charge on any atom is 0.191 e. The summed E-state index contributed by atoms with van der Waals surface area (Å²) in [5, 5.41) is 8.87. The van der Waals surface area contributed by atoms with E-state index in [1.165, 1.54) is 10.4 Å². The van der Waals surface area contributed by atoms with E-state index in [0.717, 1.165) is 36.8 Å². The smallest absolute Gasteiger partial charge is 0.191 e. The van der Waals surface area contributed by atoms with Gasteiger partial charge in [-0.25, -0.2) is 0 Å². The lowest BCUT2D eigenvalue weighted by Gasteiger charge is -2.16. The number of rotatable bonds is 7. The van der Waals surface area contributed by atoms with Crippen LogP contribution in [0.5, 0.6) is 5.75 Å². The van der Waals surface area contributed by atoms with Crippen LogP contribution in [0.2, 0.25) is 0 Å². The standard InChI is InChI=1S/C19H27N3OS/c1-5-20-19(22-15(3)18-7-6-12-24-18)21-11-10-16-9-8-14(2)17(13-16)23-4/h6-9,12-13,15H,5,10-11H2,1-4H3,(H2,20,21,22). The van der Waals surface area contributed by atoms with E-state index in [1.54, 1.807) is 18.4 Å². The van der Waals surface area contributed by atoms with E-state index < -0.39 is 0 Å². The Morgan fingerprint density at radius 2 is 2.17 bits per heavy atom. The van der Waals surface area contributed by atoms with Crippen LogP contribution in [0.1, 0.15) is 35.9 Å². The van der Waals surface area contributed by atoms with Gasteiger partial charge in [-0.2, -0.15) is 0 Å². The molecule has 2 aromatic rings. The van der Waals surface area contributed by atoms with Crippen LogP contribution in [0.4, 0.5) is 0 Å². The number of thiophene rings is 1. The van der Waals surface area contributed by atoms with E-state index in [0.29, 0.717) is 0 Å². The molecule has 2 rings (SSSR count). The molecule has 130 valence electrons. The molecule has 0 bridgehead atoms. The van der Waals surface area contributed by atoms with Gasteiger partial charge in [0.1, 0.15) is 5.75 Å². The third-order valence-electron chi connectivity index (χ3n) is 3.81. The summed E-state index contributed by atoms with van der Waals surface area (Å²) in [5.41, 5.74) is 2.40. The second-order valence-corrected chi connectivity index (χ2v) is 6.68. The maximum absolute atomic E-state index is 5.39. The molecule has 0 amide bonds. The fraction of sp³-hybridized carbons (Fsp3) is 0.421. The number of nitrogens with zero attached hydrogens (tertiary/aromatic N) is 1. The van der Waals surface area contributed by atoms with Gasteiger partial charge in [-0.15, -0.1) is 11.3 Å². The van der Waals surface area contributed by atoms with Crippen LogP contribution in [0.3, 0.4) is 0 Å². The third-order valence-corrected chi connectivity index (χ3v) is 4.87. The predicted molar refractivity (Wildman–Crippen MR) is 103 cm³/mol. The minimum atomic E-state index is 0.252. The zero-order valence-electron chi connectivity index (χ0n) is 14.9. The molecule has 1 heterocycles. The molecule has 0 aliphatic heterocycles. The monoisotopic (exact) mass is 345 g/mol. The number of nitrogens with one attached hydrogen (secondary N) is 2. The molecule has 24 heavy (non-hydrogen) atoms. The summed E-state index contributed by atoms with van der Waals surface area (Å²) < 4.78 is 5.39. The van der Waals surface area contributed by atoms with Crippen molar-refractivity contribution in [1.82, 2.24) is 10.6 Å². The molecule has 1 aromatic carbocycles. The van der Waals surface area contributed by atoms with Crippen molar-refractivity contribution in [2.45, 2.75) is 33.2 Å². The molecule has 0 aliphatic rings. The minimum absolute atomic E-state index is 0.252. The average molecular weight is 346 g/mol. The quantitative estimate of drug-likeness (QED) is 0.590. The highest BCUT2D eigenvalue weighted by Gasteiger charge is 2.08. The summed E-state index contributed by atoms with van der Waals surface area (Å²) in [7, 11) is 1.71. The van der Waals surface area contributed by atoms with Crippen molar-refractivity contribution in [1.29, 1.82) is 0 Å². The lowest BCUT2D eigenvalue weighted by Crippen LogP contribution is -2.38. The van der Waals surface area contributed by atoms with Crippen LogP contribution in [0.25, 0.3) is 0 Å². The number of benzene rings is 1. The number of aliphatic imine (C=N–C) groups is 1. The third kappa shape index (κ3) is 5.27. The molecule has 0 radical (unpaired) electrons. The molecular formula is C19H27N3OS. The van der Waals surface area contributed by atoms with Gasteiger partial charge in [0, 0.05) is 18.0 Å². The lowest BCUT2D eigenvalue weighted by atomic mass is 10.1. The molecule has 0 saturated heterocycles. The van der Waals surface area contributed by atoms with E-state index in [-0.39, 0.29) is 6.04 Å². The molecule has 1 unspecified atom stereocenters. The number of aryl methyl sites for hydroxylation is 1. The number of hydrogen-bond donors (Lipinski definition) is 2. The Balaban J connectivity index is 1.95. The number of methoxy groups -OCH3 is 1. The summed E-state index contributed by atoms with van der Waals surface area (Å²) in [6, 6.07) is 10.8. The van der Waals surface area contributed by atoms with E-state index in [1.807, 2.05) is 0 Å². The Bertz CT molecular complexity index is 653. The fourth-order valence-corrected chi connectivity index (χ4v) is 3.19. The molecule has 1 atom stereocenters. The van der Waals surface area contributed by atoms with E-state index >= 15 is 0 Å². The van der Waals surface area contributed by atoms with Gasteiger partial charge in [0.15, 0.2) is 5.96 Å². The second kappa shape index (κ2) is 9.33. The summed E-state index contributed by atoms with van der Waals surface area (Å²) in [4.78, 5) is 6.00. The molecule has 0 aliphatic carbocycles. The normalized spacial score (nSPS) is 12.8. The van der Waals surface area contributed by atoms with Crippen LogP contribution in [-0.2, 0) is 6.42 Å². The Morgan fingerprint density at radius 1 is 1.33 bits per heavy atom. The Hall–Kier alpha value is -2.01. The molecule has 0 spiro atoms. The Labute approximate surface area is 149 Å². The number of guanidine groups is 1. The molecule has 1 aromatic heterocycles. The van der Waals surface area contributed by atoms with Gasteiger partial charge in [0.05, 0.1) is 13.2 Å². The molecule has 0 fully saturated rings. The van der Waals surface area contributed by atoms with Crippen molar-refractivity contribution in [2.24, 2.45) is 4.99 Å². The first kappa shape index (κ1) is 18.3. The lowest BCUT2D eigenvalue weighted by molar-refractivity contribution is 0.411. The first-order valence-corrected chi connectivity index (χ1v) is 9.23. The number of ether oxygens (including phenoxy) is 1. The van der Waals surface area contributed by atoms with Crippen LogP contribution < -0.4 is 15.4 Å². The second-order valence-electron chi connectivity index (χ2n) is 5.70.